The maximum absolute atomic E-state index is 12.6. The third kappa shape index (κ3) is 6.40. The topological polar surface area (TPSA) is 114 Å². The predicted octanol–water partition coefficient (Wildman–Crippen LogP) is 2.11. The van der Waals surface area contributed by atoms with Crippen molar-refractivity contribution in [3.8, 4) is 5.69 Å². The molecule has 0 radical (unpaired) electrons. The van der Waals surface area contributed by atoms with Gasteiger partial charge in [-0.25, -0.2) is 4.98 Å². The number of rotatable bonds is 8. The molecule has 0 bridgehead atoms. The van der Waals surface area contributed by atoms with E-state index in [0.29, 0.717) is 18.5 Å². The van der Waals surface area contributed by atoms with Crippen LogP contribution in [0.15, 0.2) is 43.0 Å². The molecule has 1 saturated carbocycles. The van der Waals surface area contributed by atoms with Gasteiger partial charge in [0, 0.05) is 48.8 Å². The van der Waals surface area contributed by atoms with Gasteiger partial charge in [-0.1, -0.05) is 0 Å². The van der Waals surface area contributed by atoms with Crippen molar-refractivity contribution in [1.82, 2.24) is 19.8 Å². The Balaban J connectivity index is 0.000000913. The van der Waals surface area contributed by atoms with Crippen LogP contribution in [0.5, 0.6) is 0 Å². The summed E-state index contributed by atoms with van der Waals surface area (Å²) in [6.45, 7) is 1.37. The Morgan fingerprint density at radius 1 is 1.19 bits per heavy atom. The summed E-state index contributed by atoms with van der Waals surface area (Å²) in [5.41, 5.74) is 1.61. The third-order valence-electron chi connectivity index (χ3n) is 6.00. The first-order valence-electron chi connectivity index (χ1n) is 10.8. The maximum atomic E-state index is 12.6. The second kappa shape index (κ2) is 11.4. The highest BCUT2D eigenvalue weighted by atomic mass is 16.5. The molecule has 1 aromatic heterocycles. The summed E-state index contributed by atoms with van der Waals surface area (Å²) < 4.78 is 6.77. The molecule has 2 aromatic rings. The van der Waals surface area contributed by atoms with E-state index in [0.717, 1.165) is 31.0 Å². The quantitative estimate of drug-likeness (QED) is 0.475. The number of aromatic nitrogens is 2. The number of esters is 1. The molecule has 2 fully saturated rings. The highest BCUT2D eigenvalue weighted by molar-refractivity contribution is 5.94. The Morgan fingerprint density at radius 2 is 1.88 bits per heavy atom. The lowest BCUT2D eigenvalue weighted by atomic mass is 10.1. The van der Waals surface area contributed by atoms with Crippen LogP contribution < -0.4 is 5.32 Å². The lowest BCUT2D eigenvalue weighted by Crippen LogP contribution is -2.44. The normalized spacial score (nSPS) is 20.2. The average Bonchev–Trinajstić information content (AvgIpc) is 3.30. The standard InChI is InChI=1S/C22H28N4O3.CH2O2/c1-29-21(27)12-19-8-9-20(26(19)14-16-2-3-16)13-24-22(28)17-4-6-18(7-5-17)25-11-10-23-15-25;2-1-3/h4-7,10-11,15-16,19-20H,2-3,8-9,12-14H2,1H3,(H,24,28);1H,(H,2,3)/t19-,20+;/m1./s1. The number of hydrogen-bond donors (Lipinski definition) is 2. The number of nitrogens with zero attached hydrogens (tertiary/aromatic N) is 3. The molecule has 2 N–H and O–H groups in total. The molecule has 2 aliphatic rings. The Kier molecular flexibility index (Phi) is 8.38. The molecule has 0 unspecified atom stereocenters. The van der Waals surface area contributed by atoms with Crippen LogP contribution in [0.4, 0.5) is 0 Å². The molecule has 1 aliphatic heterocycles. The molecule has 32 heavy (non-hydrogen) atoms. The van der Waals surface area contributed by atoms with Crippen LogP contribution in [0.25, 0.3) is 5.69 Å². The fourth-order valence-corrected chi connectivity index (χ4v) is 4.13. The van der Waals surface area contributed by atoms with Crippen molar-refractivity contribution in [2.45, 2.75) is 44.2 Å². The highest BCUT2D eigenvalue weighted by Crippen LogP contribution is 2.35. The van der Waals surface area contributed by atoms with Gasteiger partial charge in [0.25, 0.3) is 12.4 Å². The zero-order chi connectivity index (χ0) is 22.9. The van der Waals surface area contributed by atoms with Crippen LogP contribution in [-0.4, -0.2) is 70.2 Å². The van der Waals surface area contributed by atoms with E-state index in [2.05, 4.69) is 15.2 Å². The fraction of sp³-hybridized carbons (Fsp3) is 0.478. The van der Waals surface area contributed by atoms with Crippen LogP contribution in [-0.2, 0) is 14.3 Å². The molecular weight excluding hydrogens is 412 g/mol. The molecule has 1 amide bonds. The number of carboxylic acid groups (broad SMARTS) is 1. The van der Waals surface area contributed by atoms with Gasteiger partial charge in [0.1, 0.15) is 0 Å². The zero-order valence-electron chi connectivity index (χ0n) is 18.2. The smallest absolute Gasteiger partial charge is 0.307 e. The average molecular weight is 443 g/mol. The van der Waals surface area contributed by atoms with Gasteiger partial charge in [-0.05, 0) is 55.9 Å². The second-order valence-electron chi connectivity index (χ2n) is 8.14. The Hall–Kier alpha value is -3.20. The number of benzene rings is 1. The number of likely N-dealkylation sites (tertiary alicyclic amines) is 1. The van der Waals surface area contributed by atoms with E-state index < -0.39 is 0 Å². The van der Waals surface area contributed by atoms with Crippen LogP contribution in [0.1, 0.15) is 42.5 Å². The molecule has 9 nitrogen and oxygen atoms in total. The van der Waals surface area contributed by atoms with E-state index in [9.17, 15) is 9.59 Å². The number of imidazole rings is 1. The Labute approximate surface area is 187 Å². The molecule has 172 valence electrons. The van der Waals surface area contributed by atoms with Crippen LogP contribution in [0, 0.1) is 5.92 Å². The highest BCUT2D eigenvalue weighted by Gasteiger charge is 2.38. The van der Waals surface area contributed by atoms with Crippen molar-refractivity contribution in [2.75, 3.05) is 20.2 Å². The van der Waals surface area contributed by atoms with Crippen molar-refractivity contribution in [2.24, 2.45) is 5.92 Å². The van der Waals surface area contributed by atoms with Gasteiger partial charge < -0.3 is 19.7 Å². The number of carbonyl (C=O) groups is 3. The van der Waals surface area contributed by atoms with E-state index in [1.54, 1.807) is 12.5 Å². The van der Waals surface area contributed by atoms with E-state index in [1.165, 1.54) is 20.0 Å². The number of hydrogen-bond acceptors (Lipinski definition) is 6. The van der Waals surface area contributed by atoms with Crippen LogP contribution in [0.2, 0.25) is 0 Å². The van der Waals surface area contributed by atoms with Crippen LogP contribution in [0.3, 0.4) is 0 Å². The molecule has 0 spiro atoms. The second-order valence-corrected chi connectivity index (χ2v) is 8.14. The number of nitrogens with one attached hydrogen (secondary N) is 1. The van der Waals surface area contributed by atoms with E-state index in [4.69, 9.17) is 14.6 Å². The summed E-state index contributed by atoms with van der Waals surface area (Å²) in [7, 11) is 1.44. The van der Waals surface area contributed by atoms with Crippen molar-refractivity contribution in [1.29, 1.82) is 0 Å². The monoisotopic (exact) mass is 442 g/mol. The minimum Gasteiger partial charge on any atom is -0.483 e. The Morgan fingerprint density at radius 3 is 2.47 bits per heavy atom. The molecule has 9 heteroatoms. The van der Waals surface area contributed by atoms with Crippen molar-refractivity contribution in [3.05, 3.63) is 48.5 Å². The van der Waals surface area contributed by atoms with Crippen molar-refractivity contribution >= 4 is 18.3 Å². The first-order valence-corrected chi connectivity index (χ1v) is 10.8. The van der Waals surface area contributed by atoms with Gasteiger partial charge in [-0.2, -0.15) is 0 Å². The zero-order valence-corrected chi connectivity index (χ0v) is 18.2. The minimum atomic E-state index is -0.250. The van der Waals surface area contributed by atoms with E-state index in [1.807, 2.05) is 35.0 Å². The molecule has 1 saturated heterocycles. The third-order valence-corrected chi connectivity index (χ3v) is 6.00. The molecule has 1 aliphatic carbocycles. The summed E-state index contributed by atoms with van der Waals surface area (Å²) >= 11 is 0. The summed E-state index contributed by atoms with van der Waals surface area (Å²) in [5.74, 6) is 0.519. The molecule has 2 heterocycles. The van der Waals surface area contributed by atoms with Gasteiger partial charge in [0.05, 0.1) is 19.9 Å². The number of carbonyl (C=O) groups excluding carboxylic acids is 2. The minimum absolute atomic E-state index is 0.0648. The summed E-state index contributed by atoms with van der Waals surface area (Å²) in [4.78, 5) is 39.2. The molecule has 1 aromatic carbocycles. The van der Waals surface area contributed by atoms with Gasteiger partial charge in [0.2, 0.25) is 0 Å². The Bertz CT molecular complexity index is 880. The molecular formula is C23H30N4O5. The first-order chi connectivity index (χ1) is 15.5. The van der Waals surface area contributed by atoms with Crippen molar-refractivity contribution < 1.29 is 24.2 Å². The van der Waals surface area contributed by atoms with Gasteiger partial charge in [-0.15, -0.1) is 0 Å². The van der Waals surface area contributed by atoms with Gasteiger partial charge in [0.15, 0.2) is 0 Å². The lowest BCUT2D eigenvalue weighted by molar-refractivity contribution is -0.142. The van der Waals surface area contributed by atoms with Gasteiger partial charge in [-0.3, -0.25) is 19.3 Å². The van der Waals surface area contributed by atoms with E-state index >= 15 is 0 Å². The summed E-state index contributed by atoms with van der Waals surface area (Å²) in [6.07, 6.45) is 10.3. The molecule has 4 rings (SSSR count). The van der Waals surface area contributed by atoms with E-state index in [-0.39, 0.29) is 30.4 Å². The first kappa shape index (κ1) is 23.5. The van der Waals surface area contributed by atoms with Gasteiger partial charge >= 0.3 is 5.97 Å². The van der Waals surface area contributed by atoms with Crippen LogP contribution >= 0.6 is 0 Å². The summed E-state index contributed by atoms with van der Waals surface area (Å²) in [6, 6.07) is 8.00. The largest absolute Gasteiger partial charge is 0.483 e. The van der Waals surface area contributed by atoms with Crippen molar-refractivity contribution in [3.63, 3.8) is 0 Å². The lowest BCUT2D eigenvalue weighted by Gasteiger charge is -2.30. The maximum Gasteiger partial charge on any atom is 0.307 e. The number of amides is 1. The number of ether oxygens (including phenoxy) is 1. The fourth-order valence-electron chi connectivity index (χ4n) is 4.13. The molecule has 2 atom stereocenters. The number of methoxy groups -OCH3 is 1. The SMILES string of the molecule is COC(=O)C[C@H]1CC[C@@H](CNC(=O)c2ccc(-n3ccnc3)cc2)N1CC1CC1.O=CO. The predicted molar refractivity (Wildman–Crippen MR) is 117 cm³/mol. The summed E-state index contributed by atoms with van der Waals surface area (Å²) in [5, 5.41) is 9.98.